The third-order valence-corrected chi connectivity index (χ3v) is 8.91. The quantitative estimate of drug-likeness (QED) is 0.472. The summed E-state index contributed by atoms with van der Waals surface area (Å²) in [5.74, 6) is -0.0631. The molecule has 1 aromatic rings. The van der Waals surface area contributed by atoms with E-state index in [1.54, 1.807) is 18.2 Å². The molecule has 0 aromatic heterocycles. The Morgan fingerprint density at radius 2 is 1.97 bits per heavy atom. The summed E-state index contributed by atoms with van der Waals surface area (Å²) < 4.78 is 45.7. The van der Waals surface area contributed by atoms with Gasteiger partial charge in [0.2, 0.25) is 15.9 Å². The maximum atomic E-state index is 13.6. The predicted molar refractivity (Wildman–Crippen MR) is 133 cm³/mol. The van der Waals surface area contributed by atoms with Crippen LogP contribution >= 0.6 is 0 Å². The van der Waals surface area contributed by atoms with Crippen molar-refractivity contribution in [3.05, 3.63) is 29.8 Å². The molecule has 0 spiro atoms. The van der Waals surface area contributed by atoms with Crippen LogP contribution in [0, 0.1) is 6.92 Å². The first kappa shape index (κ1) is 27.4. The average molecular weight is 526 g/mol. The van der Waals surface area contributed by atoms with Crippen molar-refractivity contribution < 1.29 is 32.5 Å². The van der Waals surface area contributed by atoms with Crippen molar-refractivity contribution >= 4 is 15.9 Å². The van der Waals surface area contributed by atoms with Gasteiger partial charge in [-0.2, -0.15) is 4.31 Å². The van der Waals surface area contributed by atoms with Gasteiger partial charge in [0.05, 0.1) is 62.1 Å². The molecule has 11 heteroatoms. The molecule has 202 valence electrons. The van der Waals surface area contributed by atoms with Crippen molar-refractivity contribution in [2.45, 2.75) is 61.9 Å². The van der Waals surface area contributed by atoms with Crippen LogP contribution in [0.1, 0.15) is 31.2 Å². The maximum Gasteiger partial charge on any atom is 0.243 e. The Morgan fingerprint density at radius 3 is 2.75 bits per heavy atom. The Morgan fingerprint density at radius 1 is 1.17 bits per heavy atom. The molecular weight excluding hydrogens is 486 g/mol. The van der Waals surface area contributed by atoms with E-state index in [-0.39, 0.29) is 43.1 Å². The van der Waals surface area contributed by atoms with Crippen molar-refractivity contribution in [3.63, 3.8) is 0 Å². The molecule has 0 radical (unpaired) electrons. The number of amides is 1. The third-order valence-electron chi connectivity index (χ3n) is 7.02. The molecule has 2 N–H and O–H groups in total. The zero-order chi connectivity index (χ0) is 25.5. The SMILES string of the molecule is Cc1cccc(S(=O)(=O)N2C[C@@H](O)COC[C@H]3O[C@@H](CC(=O)NCCCN4CCOCC4)CC[C@@H]32)c1. The number of rotatable bonds is 8. The fourth-order valence-corrected chi connectivity index (χ4v) is 6.94. The number of nitrogens with one attached hydrogen (secondary N) is 1. The smallest absolute Gasteiger partial charge is 0.243 e. The van der Waals surface area contributed by atoms with Gasteiger partial charge in [0.25, 0.3) is 0 Å². The maximum absolute atomic E-state index is 13.6. The first-order chi connectivity index (χ1) is 17.3. The fraction of sp³-hybridized carbons (Fsp3) is 0.720. The van der Waals surface area contributed by atoms with Crippen LogP contribution in [-0.2, 0) is 29.0 Å². The van der Waals surface area contributed by atoms with Gasteiger partial charge in [0.1, 0.15) is 0 Å². The fourth-order valence-electron chi connectivity index (χ4n) is 5.12. The molecule has 0 bridgehead atoms. The Kier molecular flexibility index (Phi) is 9.73. The highest BCUT2D eigenvalue weighted by Gasteiger charge is 2.43. The Bertz CT molecular complexity index is 970. The number of nitrogens with zero attached hydrogens (tertiary/aromatic N) is 2. The molecule has 3 aliphatic heterocycles. The molecule has 10 nitrogen and oxygen atoms in total. The second-order valence-corrected chi connectivity index (χ2v) is 11.8. The molecule has 3 aliphatic rings. The zero-order valence-corrected chi connectivity index (χ0v) is 21.8. The van der Waals surface area contributed by atoms with Gasteiger partial charge in [0, 0.05) is 26.2 Å². The minimum Gasteiger partial charge on any atom is -0.389 e. The van der Waals surface area contributed by atoms with Crippen LogP contribution in [0.15, 0.2) is 29.2 Å². The number of aliphatic hydroxyl groups excluding tert-OH is 1. The number of aryl methyl sites for hydroxylation is 1. The lowest BCUT2D eigenvalue weighted by Crippen LogP contribution is -2.57. The normalized spacial score (nSPS) is 28.6. The molecule has 1 aromatic carbocycles. The molecule has 3 fully saturated rings. The zero-order valence-electron chi connectivity index (χ0n) is 21.0. The molecular formula is C25H39N3O7S. The van der Waals surface area contributed by atoms with Crippen LogP contribution in [0.3, 0.4) is 0 Å². The standard InChI is InChI=1S/C25H39N3O7S/c1-19-4-2-5-22(14-19)36(31,32)28-16-20(29)17-34-18-24-23(28)7-6-21(35-24)15-25(30)26-8-3-9-27-10-12-33-13-11-27/h2,4-5,14,20-21,23-24,29H,3,6-13,15-18H2,1H3,(H,26,30)/t20-,21-,23+,24-/m1/s1. The van der Waals surface area contributed by atoms with Crippen molar-refractivity contribution in [2.24, 2.45) is 0 Å². The van der Waals surface area contributed by atoms with Crippen molar-refractivity contribution in [1.82, 2.24) is 14.5 Å². The second kappa shape index (κ2) is 12.8. The second-order valence-electron chi connectivity index (χ2n) is 9.89. The van der Waals surface area contributed by atoms with Crippen LogP contribution in [0.2, 0.25) is 0 Å². The number of carbonyl (C=O) groups excluding carboxylic acids is 1. The summed E-state index contributed by atoms with van der Waals surface area (Å²) in [6, 6.07) is 6.31. The highest BCUT2D eigenvalue weighted by Crippen LogP contribution is 2.31. The lowest BCUT2D eigenvalue weighted by Gasteiger charge is -2.43. The summed E-state index contributed by atoms with van der Waals surface area (Å²) in [6.45, 7) is 6.92. The topological polar surface area (TPSA) is 118 Å². The lowest BCUT2D eigenvalue weighted by atomic mass is 9.96. The van der Waals surface area contributed by atoms with Crippen molar-refractivity contribution in [3.8, 4) is 0 Å². The number of morpholine rings is 1. The summed E-state index contributed by atoms with van der Waals surface area (Å²) in [6.07, 6.45) is 0.454. The van der Waals surface area contributed by atoms with Crippen LogP contribution in [0.25, 0.3) is 0 Å². The Hall–Kier alpha value is -1.60. The van der Waals surface area contributed by atoms with E-state index >= 15 is 0 Å². The van der Waals surface area contributed by atoms with E-state index in [1.165, 1.54) is 4.31 Å². The molecule has 1 amide bonds. The van der Waals surface area contributed by atoms with E-state index in [4.69, 9.17) is 14.2 Å². The minimum absolute atomic E-state index is 0.0285. The Balaban J connectivity index is 1.33. The number of β-amino-alcohol motifs (C(OH)–C–C–N with tert-alkyl or cyclic N) is 1. The molecule has 36 heavy (non-hydrogen) atoms. The van der Waals surface area contributed by atoms with Gasteiger partial charge >= 0.3 is 0 Å². The number of sulfonamides is 1. The van der Waals surface area contributed by atoms with Crippen molar-refractivity contribution in [1.29, 1.82) is 0 Å². The van der Waals surface area contributed by atoms with Gasteiger partial charge in [-0.25, -0.2) is 8.42 Å². The summed E-state index contributed by atoms with van der Waals surface area (Å²) in [4.78, 5) is 15.1. The number of carbonyl (C=O) groups is 1. The summed E-state index contributed by atoms with van der Waals surface area (Å²) in [5, 5.41) is 13.3. The van der Waals surface area contributed by atoms with Gasteiger partial charge in [-0.1, -0.05) is 12.1 Å². The monoisotopic (exact) mass is 525 g/mol. The molecule has 3 saturated heterocycles. The predicted octanol–water partition coefficient (Wildman–Crippen LogP) is 0.522. The van der Waals surface area contributed by atoms with Crippen LogP contribution in [-0.4, -0.2) is 112 Å². The number of hydrogen-bond donors (Lipinski definition) is 2. The summed E-state index contributed by atoms with van der Waals surface area (Å²) in [5.41, 5.74) is 0.847. The molecule has 4 atom stereocenters. The van der Waals surface area contributed by atoms with E-state index in [9.17, 15) is 18.3 Å². The lowest BCUT2D eigenvalue weighted by molar-refractivity contribution is -0.146. The molecule has 0 unspecified atom stereocenters. The van der Waals surface area contributed by atoms with E-state index in [0.29, 0.717) is 19.4 Å². The van der Waals surface area contributed by atoms with E-state index in [1.807, 2.05) is 13.0 Å². The van der Waals surface area contributed by atoms with E-state index in [2.05, 4.69) is 10.2 Å². The third kappa shape index (κ3) is 7.25. The van der Waals surface area contributed by atoms with Gasteiger partial charge in [-0.05, 0) is 50.4 Å². The van der Waals surface area contributed by atoms with Crippen LogP contribution in [0.5, 0.6) is 0 Å². The van der Waals surface area contributed by atoms with Gasteiger partial charge in [-0.15, -0.1) is 0 Å². The molecule has 3 heterocycles. The highest BCUT2D eigenvalue weighted by atomic mass is 32.2. The Labute approximate surface area is 213 Å². The summed E-state index contributed by atoms with van der Waals surface area (Å²) >= 11 is 0. The minimum atomic E-state index is -3.85. The first-order valence-electron chi connectivity index (χ1n) is 12.9. The summed E-state index contributed by atoms with van der Waals surface area (Å²) in [7, 11) is -3.85. The number of hydrogen-bond acceptors (Lipinski definition) is 8. The first-order valence-corrected chi connectivity index (χ1v) is 14.3. The highest BCUT2D eigenvalue weighted by molar-refractivity contribution is 7.89. The van der Waals surface area contributed by atoms with Crippen molar-refractivity contribution in [2.75, 3.05) is 59.2 Å². The largest absolute Gasteiger partial charge is 0.389 e. The van der Waals surface area contributed by atoms with E-state index in [0.717, 1.165) is 44.8 Å². The van der Waals surface area contributed by atoms with Gasteiger partial charge < -0.3 is 24.6 Å². The number of fused-ring (bicyclic) bond motifs is 1. The molecule has 4 rings (SSSR count). The molecule has 0 saturated carbocycles. The van der Waals surface area contributed by atoms with Gasteiger partial charge in [0.15, 0.2) is 0 Å². The number of benzene rings is 1. The van der Waals surface area contributed by atoms with Crippen LogP contribution in [0.4, 0.5) is 0 Å². The number of ether oxygens (including phenoxy) is 3. The van der Waals surface area contributed by atoms with Crippen LogP contribution < -0.4 is 5.32 Å². The molecule has 0 aliphatic carbocycles. The number of aliphatic hydroxyl groups is 1. The van der Waals surface area contributed by atoms with Gasteiger partial charge in [-0.3, -0.25) is 9.69 Å². The van der Waals surface area contributed by atoms with E-state index < -0.39 is 28.3 Å². The average Bonchev–Trinajstić information content (AvgIpc) is 2.85.